The van der Waals surface area contributed by atoms with Gasteiger partial charge in [-0.15, -0.1) is 11.6 Å². The van der Waals surface area contributed by atoms with Gasteiger partial charge in [0.1, 0.15) is 0 Å². The second kappa shape index (κ2) is 6.59. The van der Waals surface area contributed by atoms with Crippen molar-refractivity contribution in [3.8, 4) is 0 Å². The maximum Gasteiger partial charge on any atom is 0.233 e. The van der Waals surface area contributed by atoms with Gasteiger partial charge in [-0.05, 0) is 43.6 Å². The summed E-state index contributed by atoms with van der Waals surface area (Å²) in [6.45, 7) is 3.13. The summed E-state index contributed by atoms with van der Waals surface area (Å²) < 4.78 is 25.9. The van der Waals surface area contributed by atoms with Crippen LogP contribution in [0.15, 0.2) is 24.3 Å². The Morgan fingerprint density at radius 1 is 1.26 bits per heavy atom. The lowest BCUT2D eigenvalue weighted by atomic mass is 10.2. The average molecular weight is 303 g/mol. The molecule has 1 fully saturated rings. The molecule has 0 aromatic heterocycles. The number of hydrogen-bond donors (Lipinski definition) is 1. The summed E-state index contributed by atoms with van der Waals surface area (Å²) in [4.78, 5) is 2.38. The Labute approximate surface area is 119 Å². The fourth-order valence-corrected chi connectivity index (χ4v) is 3.66. The molecule has 2 rings (SSSR count). The van der Waals surface area contributed by atoms with Gasteiger partial charge in [-0.2, -0.15) is 0 Å². The van der Waals surface area contributed by atoms with Crippen LogP contribution >= 0.6 is 11.6 Å². The largest absolute Gasteiger partial charge is 0.299 e. The number of alkyl halides is 1. The predicted molar refractivity (Wildman–Crippen MR) is 79.1 cm³/mol. The Kier molecular flexibility index (Phi) is 5.07. The maximum atomic E-state index is 11.6. The monoisotopic (exact) mass is 302 g/mol. The summed E-state index contributed by atoms with van der Waals surface area (Å²) in [5, 5.41) is 0. The molecule has 1 aliphatic heterocycles. The molecule has 0 amide bonds. The van der Waals surface area contributed by atoms with Gasteiger partial charge in [0.25, 0.3) is 0 Å². The first kappa shape index (κ1) is 14.6. The molecule has 0 spiro atoms. The Balaban J connectivity index is 2.02. The van der Waals surface area contributed by atoms with Crippen LogP contribution in [-0.4, -0.2) is 38.0 Å². The number of benzene rings is 1. The molecule has 1 aliphatic rings. The van der Waals surface area contributed by atoms with E-state index in [0.717, 1.165) is 25.2 Å². The molecule has 1 heterocycles. The van der Waals surface area contributed by atoms with Gasteiger partial charge in [-0.1, -0.05) is 12.1 Å². The lowest BCUT2D eigenvalue weighted by molar-refractivity contribution is 0.331. The van der Waals surface area contributed by atoms with Gasteiger partial charge in [-0.3, -0.25) is 9.62 Å². The Morgan fingerprint density at radius 3 is 2.68 bits per heavy atom. The van der Waals surface area contributed by atoms with E-state index in [1.165, 1.54) is 12.8 Å². The summed E-state index contributed by atoms with van der Waals surface area (Å²) in [7, 11) is -3.32. The third-order valence-corrected chi connectivity index (χ3v) is 4.85. The smallest absolute Gasteiger partial charge is 0.233 e. The van der Waals surface area contributed by atoms with Crippen molar-refractivity contribution in [3.63, 3.8) is 0 Å². The number of likely N-dealkylation sites (tertiary alicyclic amines) is 1. The molecule has 0 aliphatic carbocycles. The van der Waals surface area contributed by atoms with Crippen LogP contribution in [0.4, 0.5) is 5.69 Å². The fourth-order valence-electron chi connectivity index (χ4n) is 2.26. The van der Waals surface area contributed by atoms with Gasteiger partial charge in [0.15, 0.2) is 0 Å². The van der Waals surface area contributed by atoms with Crippen molar-refractivity contribution in [2.45, 2.75) is 19.4 Å². The van der Waals surface area contributed by atoms with Crippen LogP contribution in [0.2, 0.25) is 0 Å². The van der Waals surface area contributed by atoms with Crippen LogP contribution in [0.1, 0.15) is 18.4 Å². The normalized spacial score (nSPS) is 16.7. The van der Waals surface area contributed by atoms with E-state index in [4.69, 9.17) is 11.6 Å². The number of nitrogens with zero attached hydrogens (tertiary/aromatic N) is 1. The van der Waals surface area contributed by atoms with Crippen molar-refractivity contribution in [2.24, 2.45) is 0 Å². The van der Waals surface area contributed by atoms with Gasteiger partial charge >= 0.3 is 0 Å². The van der Waals surface area contributed by atoms with E-state index < -0.39 is 10.0 Å². The van der Waals surface area contributed by atoms with Gasteiger partial charge < -0.3 is 0 Å². The Hall–Kier alpha value is -0.780. The SMILES string of the molecule is O=S(=O)(CCCl)Nc1cccc(CN2CCCC2)c1. The number of rotatable bonds is 6. The van der Waals surface area contributed by atoms with Crippen molar-refractivity contribution >= 4 is 27.3 Å². The van der Waals surface area contributed by atoms with Gasteiger partial charge in [0, 0.05) is 18.1 Å². The summed E-state index contributed by atoms with van der Waals surface area (Å²) in [5.74, 6) is 0.0354. The lowest BCUT2D eigenvalue weighted by Crippen LogP contribution is -2.19. The second-order valence-electron chi connectivity index (χ2n) is 4.79. The minimum atomic E-state index is -3.32. The molecule has 0 saturated carbocycles. The highest BCUT2D eigenvalue weighted by atomic mass is 35.5. The predicted octanol–water partition coefficient (Wildman–Crippen LogP) is 2.26. The van der Waals surface area contributed by atoms with Gasteiger partial charge in [-0.25, -0.2) is 8.42 Å². The van der Waals surface area contributed by atoms with Crippen molar-refractivity contribution < 1.29 is 8.42 Å². The van der Waals surface area contributed by atoms with Crippen LogP contribution in [0.3, 0.4) is 0 Å². The third kappa shape index (κ3) is 4.67. The molecule has 0 bridgehead atoms. The summed E-state index contributed by atoms with van der Waals surface area (Å²) >= 11 is 5.47. The molecule has 0 radical (unpaired) electrons. The van der Waals surface area contributed by atoms with Crippen molar-refractivity contribution in [1.29, 1.82) is 0 Å². The van der Waals surface area contributed by atoms with E-state index in [9.17, 15) is 8.42 Å². The maximum absolute atomic E-state index is 11.6. The summed E-state index contributed by atoms with van der Waals surface area (Å²) in [6.07, 6.45) is 2.50. The first-order chi connectivity index (χ1) is 9.09. The highest BCUT2D eigenvalue weighted by Gasteiger charge is 2.13. The van der Waals surface area contributed by atoms with E-state index >= 15 is 0 Å². The molecule has 1 N–H and O–H groups in total. The number of sulfonamides is 1. The zero-order chi connectivity index (χ0) is 13.7. The molecule has 0 unspecified atom stereocenters. The summed E-state index contributed by atoms with van der Waals surface area (Å²) in [5.41, 5.74) is 1.75. The first-order valence-corrected chi connectivity index (χ1v) is 8.65. The Morgan fingerprint density at radius 2 is 2.00 bits per heavy atom. The highest BCUT2D eigenvalue weighted by Crippen LogP contribution is 2.17. The first-order valence-electron chi connectivity index (χ1n) is 6.47. The quantitative estimate of drug-likeness (QED) is 0.820. The van der Waals surface area contributed by atoms with Crippen LogP contribution < -0.4 is 4.72 Å². The van der Waals surface area contributed by atoms with Crippen LogP contribution in [-0.2, 0) is 16.6 Å². The number of anilines is 1. The number of halogens is 1. The fraction of sp³-hybridized carbons (Fsp3) is 0.538. The van der Waals surface area contributed by atoms with Crippen LogP contribution in [0, 0.1) is 0 Å². The lowest BCUT2D eigenvalue weighted by Gasteiger charge is -2.15. The second-order valence-corrected chi connectivity index (χ2v) is 7.01. The summed E-state index contributed by atoms with van der Waals surface area (Å²) in [6, 6.07) is 7.56. The minimum absolute atomic E-state index is 0.0646. The molecule has 1 saturated heterocycles. The molecule has 106 valence electrons. The van der Waals surface area contributed by atoms with E-state index in [1.54, 1.807) is 6.07 Å². The van der Waals surface area contributed by atoms with Crippen LogP contribution in [0.5, 0.6) is 0 Å². The molecule has 4 nitrogen and oxygen atoms in total. The van der Waals surface area contributed by atoms with E-state index in [-0.39, 0.29) is 11.6 Å². The molecule has 19 heavy (non-hydrogen) atoms. The van der Waals surface area contributed by atoms with Crippen LogP contribution in [0.25, 0.3) is 0 Å². The zero-order valence-electron chi connectivity index (χ0n) is 10.8. The highest BCUT2D eigenvalue weighted by molar-refractivity contribution is 7.92. The Bertz CT molecular complexity index is 513. The number of nitrogens with one attached hydrogen (secondary N) is 1. The molecule has 1 aromatic rings. The van der Waals surface area contributed by atoms with Crippen molar-refractivity contribution in [2.75, 3.05) is 29.4 Å². The van der Waals surface area contributed by atoms with Crippen molar-refractivity contribution in [3.05, 3.63) is 29.8 Å². The van der Waals surface area contributed by atoms with E-state index in [1.807, 2.05) is 18.2 Å². The molecule has 6 heteroatoms. The standard InChI is InChI=1S/C13H19ClN2O2S/c14-6-9-19(17,18)15-13-5-3-4-12(10-13)11-16-7-1-2-8-16/h3-5,10,15H,1-2,6-9,11H2. The average Bonchev–Trinajstić information content (AvgIpc) is 2.81. The third-order valence-electron chi connectivity index (χ3n) is 3.15. The van der Waals surface area contributed by atoms with Gasteiger partial charge in [0.2, 0.25) is 10.0 Å². The zero-order valence-corrected chi connectivity index (χ0v) is 12.4. The minimum Gasteiger partial charge on any atom is -0.299 e. The molecule has 1 aromatic carbocycles. The topological polar surface area (TPSA) is 49.4 Å². The molecule has 0 atom stereocenters. The van der Waals surface area contributed by atoms with Crippen molar-refractivity contribution in [1.82, 2.24) is 4.90 Å². The molecular weight excluding hydrogens is 284 g/mol. The van der Waals surface area contributed by atoms with E-state index in [0.29, 0.717) is 5.69 Å². The van der Waals surface area contributed by atoms with Gasteiger partial charge in [0.05, 0.1) is 5.75 Å². The number of hydrogen-bond acceptors (Lipinski definition) is 3. The van der Waals surface area contributed by atoms with E-state index in [2.05, 4.69) is 9.62 Å². The molecular formula is C13H19ClN2O2S.